The van der Waals surface area contributed by atoms with E-state index in [1.807, 2.05) is 0 Å². The maximum Gasteiger partial charge on any atom is 0.217 e. The van der Waals surface area contributed by atoms with E-state index in [0.717, 1.165) is 0 Å². The average Bonchev–Trinajstić information content (AvgIpc) is 2.13. The number of primary amides is 1. The van der Waals surface area contributed by atoms with E-state index >= 15 is 0 Å². The fraction of sp³-hybridized carbons (Fsp3) is 0.875. The molecule has 0 spiro atoms. The second-order valence-corrected chi connectivity index (χ2v) is 3.47. The van der Waals surface area contributed by atoms with Crippen LogP contribution in [0.5, 0.6) is 0 Å². The Morgan fingerprint density at radius 2 is 2.07 bits per heavy atom. The molecular weight excluding hydrogens is 190 g/mol. The summed E-state index contributed by atoms with van der Waals surface area (Å²) in [4.78, 5) is 10.6. The van der Waals surface area contributed by atoms with Gasteiger partial charge in [0.15, 0.2) is 0 Å². The summed E-state index contributed by atoms with van der Waals surface area (Å²) in [6, 6.07) is 0. The van der Waals surface area contributed by atoms with E-state index in [-0.39, 0.29) is 19.6 Å². The van der Waals surface area contributed by atoms with Crippen LogP contribution in [0.25, 0.3) is 0 Å². The third-order valence-corrected chi connectivity index (χ3v) is 2.38. The highest BCUT2D eigenvalue weighted by Crippen LogP contribution is 2.22. The van der Waals surface area contributed by atoms with Gasteiger partial charge in [0.05, 0.1) is 19.3 Å². The van der Waals surface area contributed by atoms with Gasteiger partial charge in [-0.15, -0.1) is 0 Å². The first-order valence-corrected chi connectivity index (χ1v) is 4.43. The van der Waals surface area contributed by atoms with Crippen LogP contribution in [0.4, 0.5) is 0 Å². The monoisotopic (exact) mass is 205 g/mol. The first-order valence-electron chi connectivity index (χ1n) is 4.43. The molecule has 0 aromatic heterocycles. The summed E-state index contributed by atoms with van der Waals surface area (Å²) in [5.74, 6) is -1.04. The zero-order valence-electron chi connectivity index (χ0n) is 7.67. The van der Waals surface area contributed by atoms with Crippen molar-refractivity contribution in [3.05, 3.63) is 0 Å². The van der Waals surface area contributed by atoms with Crippen molar-refractivity contribution >= 4 is 5.91 Å². The largest absolute Gasteiger partial charge is 0.394 e. The number of rotatable bonds is 3. The van der Waals surface area contributed by atoms with E-state index in [9.17, 15) is 15.0 Å². The minimum absolute atomic E-state index is 0.0314. The number of hydrogen-bond donors (Lipinski definition) is 4. The normalized spacial score (nSPS) is 38.2. The molecule has 1 heterocycles. The fourth-order valence-electron chi connectivity index (χ4n) is 1.54. The Morgan fingerprint density at radius 3 is 2.57 bits per heavy atom. The van der Waals surface area contributed by atoms with Crippen LogP contribution < -0.4 is 5.73 Å². The lowest BCUT2D eigenvalue weighted by Gasteiger charge is -2.36. The molecule has 1 saturated heterocycles. The van der Waals surface area contributed by atoms with Crippen molar-refractivity contribution in [2.45, 2.75) is 24.7 Å². The lowest BCUT2D eigenvalue weighted by molar-refractivity contribution is -0.176. The quantitative estimate of drug-likeness (QED) is 0.410. The Labute approximate surface area is 81.3 Å². The van der Waals surface area contributed by atoms with Gasteiger partial charge in [-0.2, -0.15) is 0 Å². The molecule has 0 aromatic rings. The van der Waals surface area contributed by atoms with Crippen molar-refractivity contribution in [3.63, 3.8) is 0 Å². The minimum atomic E-state index is -1.17. The molecule has 82 valence electrons. The first-order chi connectivity index (χ1) is 6.56. The summed E-state index contributed by atoms with van der Waals surface area (Å²) in [5.41, 5.74) is 4.96. The number of amides is 1. The van der Waals surface area contributed by atoms with E-state index < -0.39 is 30.1 Å². The van der Waals surface area contributed by atoms with Gasteiger partial charge in [-0.25, -0.2) is 0 Å². The standard InChI is InChI=1S/C8H15NO5/c9-6(11)1-4-3-14-5(2-10)8(13)7(4)12/h4-5,7-8,10,12-13H,1-3H2,(H2,9,11)/t4-,5+,7+,8+/m0/s1. The van der Waals surface area contributed by atoms with Crippen molar-refractivity contribution in [2.24, 2.45) is 11.7 Å². The molecule has 6 nitrogen and oxygen atoms in total. The van der Waals surface area contributed by atoms with Crippen LogP contribution in [0.2, 0.25) is 0 Å². The molecule has 0 saturated carbocycles. The van der Waals surface area contributed by atoms with Crippen molar-refractivity contribution in [2.75, 3.05) is 13.2 Å². The predicted molar refractivity (Wildman–Crippen MR) is 46.1 cm³/mol. The first kappa shape index (κ1) is 11.4. The number of carbonyl (C=O) groups excluding carboxylic acids is 1. The molecule has 14 heavy (non-hydrogen) atoms. The molecule has 5 N–H and O–H groups in total. The van der Waals surface area contributed by atoms with Crippen LogP contribution >= 0.6 is 0 Å². The zero-order chi connectivity index (χ0) is 10.7. The summed E-state index contributed by atoms with van der Waals surface area (Å²) < 4.78 is 5.06. The molecule has 1 amide bonds. The Hall–Kier alpha value is -0.690. The van der Waals surface area contributed by atoms with Gasteiger partial charge >= 0.3 is 0 Å². The maximum absolute atomic E-state index is 10.6. The van der Waals surface area contributed by atoms with E-state index in [1.165, 1.54) is 0 Å². The fourth-order valence-corrected chi connectivity index (χ4v) is 1.54. The molecule has 0 aliphatic carbocycles. The molecule has 0 aromatic carbocycles. The summed E-state index contributed by atoms with van der Waals surface area (Å²) in [7, 11) is 0. The van der Waals surface area contributed by atoms with Crippen LogP contribution in [0.1, 0.15) is 6.42 Å². The van der Waals surface area contributed by atoms with Crippen molar-refractivity contribution in [3.8, 4) is 0 Å². The average molecular weight is 205 g/mol. The second kappa shape index (κ2) is 4.70. The number of nitrogens with two attached hydrogens (primary N) is 1. The summed E-state index contributed by atoms with van der Waals surface area (Å²) in [5, 5.41) is 27.7. The third kappa shape index (κ3) is 2.42. The summed E-state index contributed by atoms with van der Waals surface area (Å²) >= 11 is 0. The molecule has 1 fully saturated rings. The third-order valence-electron chi connectivity index (χ3n) is 2.38. The number of carbonyl (C=O) groups is 1. The second-order valence-electron chi connectivity index (χ2n) is 3.47. The number of hydrogen-bond acceptors (Lipinski definition) is 5. The maximum atomic E-state index is 10.6. The highest BCUT2D eigenvalue weighted by atomic mass is 16.5. The molecule has 1 aliphatic heterocycles. The van der Waals surface area contributed by atoms with Gasteiger partial charge in [0.2, 0.25) is 5.91 Å². The van der Waals surface area contributed by atoms with Crippen LogP contribution in [-0.2, 0) is 9.53 Å². The molecule has 4 atom stereocenters. The van der Waals surface area contributed by atoms with Crippen molar-refractivity contribution < 1.29 is 24.9 Å². The Balaban J connectivity index is 2.54. The topological polar surface area (TPSA) is 113 Å². The van der Waals surface area contributed by atoms with E-state index in [0.29, 0.717) is 0 Å². The van der Waals surface area contributed by atoms with Gasteiger partial charge in [0.25, 0.3) is 0 Å². The van der Waals surface area contributed by atoms with Crippen LogP contribution in [-0.4, -0.2) is 52.8 Å². The zero-order valence-corrected chi connectivity index (χ0v) is 7.67. The lowest BCUT2D eigenvalue weighted by atomic mass is 9.90. The van der Waals surface area contributed by atoms with E-state index in [4.69, 9.17) is 15.6 Å². The molecule has 6 heteroatoms. The van der Waals surface area contributed by atoms with Gasteiger partial charge < -0.3 is 25.8 Å². The minimum Gasteiger partial charge on any atom is -0.394 e. The Bertz CT molecular complexity index is 210. The molecule has 0 radical (unpaired) electrons. The SMILES string of the molecule is NC(=O)C[C@H]1CO[C@H](CO)[C@@H](O)[C@@H]1O. The Kier molecular flexibility index (Phi) is 3.82. The Morgan fingerprint density at radius 1 is 1.43 bits per heavy atom. The van der Waals surface area contributed by atoms with Crippen LogP contribution in [0.15, 0.2) is 0 Å². The van der Waals surface area contributed by atoms with Crippen molar-refractivity contribution in [1.82, 2.24) is 0 Å². The number of aliphatic hydroxyl groups is 3. The van der Waals surface area contributed by atoms with Crippen molar-refractivity contribution in [1.29, 1.82) is 0 Å². The predicted octanol–water partition coefficient (Wildman–Crippen LogP) is -2.41. The van der Waals surface area contributed by atoms with Gasteiger partial charge in [-0.1, -0.05) is 0 Å². The van der Waals surface area contributed by atoms with Crippen LogP contribution in [0, 0.1) is 5.92 Å². The molecular formula is C8H15NO5. The van der Waals surface area contributed by atoms with Gasteiger partial charge in [0, 0.05) is 12.3 Å². The molecule has 1 rings (SSSR count). The smallest absolute Gasteiger partial charge is 0.217 e. The molecule has 0 unspecified atom stereocenters. The molecule has 0 bridgehead atoms. The van der Waals surface area contributed by atoms with E-state index in [2.05, 4.69) is 0 Å². The lowest BCUT2D eigenvalue weighted by Crippen LogP contribution is -2.52. The number of aliphatic hydroxyl groups excluding tert-OH is 3. The van der Waals surface area contributed by atoms with Crippen LogP contribution in [0.3, 0.4) is 0 Å². The van der Waals surface area contributed by atoms with Gasteiger partial charge in [0.1, 0.15) is 12.2 Å². The van der Waals surface area contributed by atoms with E-state index in [1.54, 1.807) is 0 Å². The highest BCUT2D eigenvalue weighted by Gasteiger charge is 2.38. The van der Waals surface area contributed by atoms with Gasteiger partial charge in [-0.05, 0) is 0 Å². The van der Waals surface area contributed by atoms with Gasteiger partial charge in [-0.3, -0.25) is 4.79 Å². The summed E-state index contributed by atoms with van der Waals surface area (Å²) in [6.45, 7) is -0.242. The number of ether oxygens (including phenoxy) is 1. The summed E-state index contributed by atoms with van der Waals surface area (Å²) in [6.07, 6.45) is -3.06. The highest BCUT2D eigenvalue weighted by molar-refractivity contribution is 5.74. The molecule has 1 aliphatic rings.